The molecule has 5 heteroatoms. The van der Waals surface area contributed by atoms with E-state index >= 15 is 0 Å². The Morgan fingerprint density at radius 2 is 2.12 bits per heavy atom. The Balaban J connectivity index is 1.57. The first-order chi connectivity index (χ1) is 8.35. The lowest BCUT2D eigenvalue weighted by atomic mass is 10.3. The van der Waals surface area contributed by atoms with Gasteiger partial charge in [0.2, 0.25) is 5.13 Å². The summed E-state index contributed by atoms with van der Waals surface area (Å²) in [5.41, 5.74) is 0. The number of nitrogens with zero attached hydrogens (tertiary/aromatic N) is 3. The maximum Gasteiger partial charge on any atom is 0.205 e. The number of anilines is 1. The van der Waals surface area contributed by atoms with Crippen molar-refractivity contribution in [3.05, 3.63) is 5.01 Å². The minimum absolute atomic E-state index is 0.835. The molecule has 0 aliphatic heterocycles. The van der Waals surface area contributed by atoms with Gasteiger partial charge in [-0.15, -0.1) is 10.2 Å². The molecule has 94 valence electrons. The third kappa shape index (κ3) is 3.16. The van der Waals surface area contributed by atoms with Gasteiger partial charge in [0, 0.05) is 19.1 Å². The van der Waals surface area contributed by atoms with Gasteiger partial charge in [-0.1, -0.05) is 11.3 Å². The van der Waals surface area contributed by atoms with Crippen LogP contribution in [-0.4, -0.2) is 34.2 Å². The number of nitrogens with one attached hydrogen (secondary N) is 1. The molecule has 2 saturated carbocycles. The second-order valence-electron chi connectivity index (χ2n) is 5.14. The van der Waals surface area contributed by atoms with Gasteiger partial charge >= 0.3 is 0 Å². The predicted molar refractivity (Wildman–Crippen MR) is 70.2 cm³/mol. The van der Waals surface area contributed by atoms with Gasteiger partial charge in [0.1, 0.15) is 5.01 Å². The Hall–Kier alpha value is -0.680. The maximum absolute atomic E-state index is 4.28. The topological polar surface area (TPSA) is 41.1 Å². The van der Waals surface area contributed by atoms with Crippen LogP contribution in [-0.2, 0) is 6.54 Å². The second kappa shape index (κ2) is 4.90. The van der Waals surface area contributed by atoms with E-state index in [4.69, 9.17) is 0 Å². The summed E-state index contributed by atoms with van der Waals surface area (Å²) in [4.78, 5) is 2.62. The molecule has 0 atom stereocenters. The van der Waals surface area contributed by atoms with Crippen molar-refractivity contribution >= 4 is 16.5 Å². The van der Waals surface area contributed by atoms with Crippen LogP contribution in [0.25, 0.3) is 0 Å². The van der Waals surface area contributed by atoms with Crippen LogP contribution in [0.1, 0.15) is 37.6 Å². The van der Waals surface area contributed by atoms with Gasteiger partial charge in [0.05, 0.1) is 6.54 Å². The molecule has 3 rings (SSSR count). The zero-order valence-corrected chi connectivity index (χ0v) is 11.2. The molecule has 0 saturated heterocycles. The molecule has 0 aromatic carbocycles. The van der Waals surface area contributed by atoms with E-state index in [1.165, 1.54) is 32.2 Å². The largest absolute Gasteiger partial charge is 0.360 e. The molecule has 1 aromatic heterocycles. The van der Waals surface area contributed by atoms with Crippen molar-refractivity contribution < 1.29 is 0 Å². The van der Waals surface area contributed by atoms with Gasteiger partial charge in [-0.05, 0) is 38.5 Å². The molecule has 0 radical (unpaired) electrons. The summed E-state index contributed by atoms with van der Waals surface area (Å²) in [6.07, 6.45) is 5.63. The fraction of sp³-hybridized carbons (Fsp3) is 0.833. The molecular weight excluding hydrogens is 232 g/mol. The highest BCUT2D eigenvalue weighted by molar-refractivity contribution is 7.15. The lowest BCUT2D eigenvalue weighted by molar-refractivity contribution is 0.243. The van der Waals surface area contributed by atoms with Gasteiger partial charge in [-0.25, -0.2) is 0 Å². The molecule has 0 unspecified atom stereocenters. The van der Waals surface area contributed by atoms with Crippen molar-refractivity contribution in [2.45, 2.75) is 45.2 Å². The van der Waals surface area contributed by atoms with E-state index in [1.54, 1.807) is 11.3 Å². The smallest absolute Gasteiger partial charge is 0.205 e. The summed E-state index contributed by atoms with van der Waals surface area (Å²) >= 11 is 1.70. The standard InChI is InChI=1S/C12H20N4S/c1-2-13-12-15-14-11(17-12)8-16(10-5-6-10)7-9-3-4-9/h9-10H,2-8H2,1H3,(H,13,15). The quantitative estimate of drug-likeness (QED) is 0.808. The molecular formula is C12H20N4S. The van der Waals surface area contributed by atoms with Crippen LogP contribution in [0.15, 0.2) is 0 Å². The first kappa shape index (κ1) is 11.4. The lowest BCUT2D eigenvalue weighted by Crippen LogP contribution is -2.27. The molecule has 1 heterocycles. The van der Waals surface area contributed by atoms with Crippen LogP contribution in [0.2, 0.25) is 0 Å². The van der Waals surface area contributed by atoms with Crippen LogP contribution >= 0.6 is 11.3 Å². The molecule has 1 aromatic rings. The maximum atomic E-state index is 4.28. The zero-order chi connectivity index (χ0) is 11.7. The predicted octanol–water partition coefficient (Wildman–Crippen LogP) is 2.34. The molecule has 4 nitrogen and oxygen atoms in total. The van der Waals surface area contributed by atoms with Crippen LogP contribution in [0.4, 0.5) is 5.13 Å². The highest BCUT2D eigenvalue weighted by Crippen LogP contribution is 2.36. The number of aromatic nitrogens is 2. The highest BCUT2D eigenvalue weighted by Gasteiger charge is 2.34. The minimum atomic E-state index is 0.835. The van der Waals surface area contributed by atoms with E-state index < -0.39 is 0 Å². The van der Waals surface area contributed by atoms with Crippen LogP contribution in [0.5, 0.6) is 0 Å². The Kier molecular flexibility index (Phi) is 3.29. The summed E-state index contributed by atoms with van der Waals surface area (Å²) in [6, 6.07) is 0.835. The third-order valence-electron chi connectivity index (χ3n) is 3.39. The van der Waals surface area contributed by atoms with E-state index in [2.05, 4.69) is 27.3 Å². The molecule has 0 amide bonds. The first-order valence-electron chi connectivity index (χ1n) is 6.65. The lowest BCUT2D eigenvalue weighted by Gasteiger charge is -2.19. The first-order valence-corrected chi connectivity index (χ1v) is 7.47. The van der Waals surface area contributed by atoms with Gasteiger partial charge in [0.25, 0.3) is 0 Å². The van der Waals surface area contributed by atoms with Crippen molar-refractivity contribution in [1.82, 2.24) is 15.1 Å². The molecule has 0 bridgehead atoms. The number of rotatable bonds is 7. The fourth-order valence-corrected chi connectivity index (χ4v) is 2.96. The zero-order valence-electron chi connectivity index (χ0n) is 10.4. The van der Waals surface area contributed by atoms with Crippen LogP contribution in [0.3, 0.4) is 0 Å². The normalized spacial score (nSPS) is 19.9. The molecule has 0 spiro atoms. The summed E-state index contributed by atoms with van der Waals surface area (Å²) < 4.78 is 0. The second-order valence-corrected chi connectivity index (χ2v) is 6.20. The summed E-state index contributed by atoms with van der Waals surface area (Å²) in [6.45, 7) is 5.29. The Bertz CT molecular complexity index is 370. The van der Waals surface area contributed by atoms with E-state index in [9.17, 15) is 0 Å². The highest BCUT2D eigenvalue weighted by atomic mass is 32.1. The van der Waals surface area contributed by atoms with Crippen molar-refractivity contribution in [1.29, 1.82) is 0 Å². The Morgan fingerprint density at radius 1 is 1.29 bits per heavy atom. The van der Waals surface area contributed by atoms with Crippen molar-refractivity contribution in [2.24, 2.45) is 5.92 Å². The molecule has 2 aliphatic rings. The van der Waals surface area contributed by atoms with Crippen molar-refractivity contribution in [3.63, 3.8) is 0 Å². The van der Waals surface area contributed by atoms with Gasteiger partial charge in [-0.2, -0.15) is 0 Å². The monoisotopic (exact) mass is 252 g/mol. The number of hydrogen-bond acceptors (Lipinski definition) is 5. The van der Waals surface area contributed by atoms with Crippen molar-refractivity contribution in [2.75, 3.05) is 18.4 Å². The van der Waals surface area contributed by atoms with Gasteiger partial charge < -0.3 is 5.32 Å². The average Bonchev–Trinajstić information content (AvgIpc) is 3.20. The summed E-state index contributed by atoms with van der Waals surface area (Å²) in [7, 11) is 0. The summed E-state index contributed by atoms with van der Waals surface area (Å²) in [5, 5.41) is 13.8. The minimum Gasteiger partial charge on any atom is -0.360 e. The Labute approximate surface area is 106 Å². The molecule has 2 aliphatic carbocycles. The Morgan fingerprint density at radius 3 is 2.76 bits per heavy atom. The van der Waals surface area contributed by atoms with Crippen LogP contribution in [0, 0.1) is 5.92 Å². The SMILES string of the molecule is CCNc1nnc(CN(CC2CC2)C2CC2)s1. The van der Waals surface area contributed by atoms with Crippen LogP contribution < -0.4 is 5.32 Å². The average molecular weight is 252 g/mol. The third-order valence-corrected chi connectivity index (χ3v) is 4.25. The van der Waals surface area contributed by atoms with E-state index in [0.29, 0.717) is 0 Å². The van der Waals surface area contributed by atoms with Gasteiger partial charge in [-0.3, -0.25) is 4.90 Å². The van der Waals surface area contributed by atoms with E-state index in [0.717, 1.165) is 35.2 Å². The summed E-state index contributed by atoms with van der Waals surface area (Å²) in [5.74, 6) is 0.969. The van der Waals surface area contributed by atoms with E-state index in [-0.39, 0.29) is 0 Å². The molecule has 17 heavy (non-hydrogen) atoms. The fourth-order valence-electron chi connectivity index (χ4n) is 2.13. The number of hydrogen-bond donors (Lipinski definition) is 1. The molecule has 1 N–H and O–H groups in total. The van der Waals surface area contributed by atoms with Crippen molar-refractivity contribution in [3.8, 4) is 0 Å². The van der Waals surface area contributed by atoms with E-state index in [1.807, 2.05) is 0 Å². The van der Waals surface area contributed by atoms with Gasteiger partial charge in [0.15, 0.2) is 0 Å². The molecule has 2 fully saturated rings.